The first-order valence-electron chi connectivity index (χ1n) is 7.83. The van der Waals surface area contributed by atoms with Crippen molar-refractivity contribution in [1.82, 2.24) is 0 Å². The Bertz CT molecular complexity index is 512. The normalized spacial score (nSPS) is 19.3. The topological polar surface area (TPSA) is 0 Å². The first-order valence-corrected chi connectivity index (χ1v) is 11.0. The van der Waals surface area contributed by atoms with Crippen molar-refractivity contribution in [3.05, 3.63) is 54.1 Å². The molecule has 23 heavy (non-hydrogen) atoms. The maximum Gasteiger partial charge on any atom is -1.00 e. The van der Waals surface area contributed by atoms with E-state index in [1.165, 1.54) is 24.9 Å². The molecular formula is C18H25Cl3SiTi. The van der Waals surface area contributed by atoms with Crippen molar-refractivity contribution in [3.8, 4) is 0 Å². The van der Waals surface area contributed by atoms with E-state index in [-0.39, 0.29) is 40.6 Å². The summed E-state index contributed by atoms with van der Waals surface area (Å²) < 4.78 is 0.280. The van der Waals surface area contributed by atoms with Gasteiger partial charge in [-0.15, -0.1) is 0 Å². The third-order valence-electron chi connectivity index (χ3n) is 4.84. The smallest absolute Gasteiger partial charge is 1.00 e. The predicted octanol–water partition coefficient (Wildman–Crippen LogP) is -4.06. The van der Waals surface area contributed by atoms with Crippen LogP contribution in [0.5, 0.6) is 0 Å². The van der Waals surface area contributed by atoms with Crippen molar-refractivity contribution in [2.24, 2.45) is 0 Å². The zero-order chi connectivity index (χ0) is 14.6. The molecule has 1 atom stereocenters. The van der Waals surface area contributed by atoms with Gasteiger partial charge in [0.1, 0.15) is 0 Å². The van der Waals surface area contributed by atoms with Crippen LogP contribution < -0.4 is 42.4 Å². The molecule has 0 nitrogen and oxygen atoms in total. The molecule has 0 spiro atoms. The van der Waals surface area contributed by atoms with Crippen LogP contribution in [0.4, 0.5) is 0 Å². The summed E-state index contributed by atoms with van der Waals surface area (Å²) in [7, 11) is -1.54. The van der Waals surface area contributed by atoms with Crippen LogP contribution in [0.1, 0.15) is 33.6 Å². The number of rotatable bonds is 6. The summed E-state index contributed by atoms with van der Waals surface area (Å²) in [6, 6.07) is 13.9. The Balaban J connectivity index is 0. The molecule has 0 saturated heterocycles. The largest absolute Gasteiger partial charge is 1.00 e. The van der Waals surface area contributed by atoms with Crippen LogP contribution in [-0.2, 0) is 20.4 Å². The van der Waals surface area contributed by atoms with Crippen molar-refractivity contribution in [2.45, 2.75) is 49.0 Å². The van der Waals surface area contributed by atoms with Gasteiger partial charge in [-0.25, -0.2) is 0 Å². The molecule has 0 heterocycles. The first-order chi connectivity index (χ1) is 9.62. The molecule has 126 valence electrons. The van der Waals surface area contributed by atoms with Crippen LogP contribution in [0.3, 0.4) is 0 Å². The molecular weight excluding hydrogens is 399 g/mol. The zero-order valence-electron chi connectivity index (χ0n) is 14.1. The van der Waals surface area contributed by atoms with E-state index in [0.29, 0.717) is 0 Å². The maximum atomic E-state index is 2.59. The molecule has 0 fully saturated rings. The van der Waals surface area contributed by atoms with Gasteiger partial charge < -0.3 is 37.2 Å². The molecule has 5 heteroatoms. The summed E-state index contributed by atoms with van der Waals surface area (Å²) in [4.78, 5) is 0. The first kappa shape index (κ1) is 25.7. The number of hydrogen-bond acceptors (Lipinski definition) is 0. The molecule has 2 rings (SSSR count). The monoisotopic (exact) mass is 422 g/mol. The van der Waals surface area contributed by atoms with E-state index in [4.69, 9.17) is 0 Å². The summed E-state index contributed by atoms with van der Waals surface area (Å²) in [5, 5.41) is 1.62. The van der Waals surface area contributed by atoms with Crippen LogP contribution in [-0.4, -0.2) is 8.07 Å². The van der Waals surface area contributed by atoms with Gasteiger partial charge in [0, 0.05) is 0 Å². The fourth-order valence-electron chi connectivity index (χ4n) is 3.61. The second-order valence-electron chi connectivity index (χ2n) is 5.83. The number of hydrogen-bond donors (Lipinski definition) is 0. The second kappa shape index (κ2) is 11.2. The number of benzene rings is 1. The Labute approximate surface area is 173 Å². The van der Waals surface area contributed by atoms with Crippen LogP contribution in [0.15, 0.2) is 54.1 Å². The molecule has 0 saturated carbocycles. The quantitative estimate of drug-likeness (QED) is 0.409. The predicted molar refractivity (Wildman–Crippen MR) is 87.6 cm³/mol. The molecule has 0 aliphatic heterocycles. The van der Waals surface area contributed by atoms with Gasteiger partial charge >= 0.3 is 137 Å². The minimum absolute atomic E-state index is 0. The van der Waals surface area contributed by atoms with Gasteiger partial charge in [-0.1, -0.05) is 0 Å². The van der Waals surface area contributed by atoms with Gasteiger partial charge in [0.05, 0.1) is 0 Å². The van der Waals surface area contributed by atoms with Gasteiger partial charge in [-0.2, -0.15) is 0 Å². The molecule has 1 aliphatic rings. The Kier molecular flexibility index (Phi) is 12.5. The molecule has 0 radical (unpaired) electrons. The summed E-state index contributed by atoms with van der Waals surface area (Å²) in [5.41, 5.74) is 1.55. The van der Waals surface area contributed by atoms with Crippen molar-refractivity contribution in [3.63, 3.8) is 0 Å². The maximum absolute atomic E-state index is 2.59. The Morgan fingerprint density at radius 2 is 1.52 bits per heavy atom. The van der Waals surface area contributed by atoms with Crippen molar-refractivity contribution < 1.29 is 57.7 Å². The molecule has 0 bridgehead atoms. The average Bonchev–Trinajstić information content (AvgIpc) is 2.85. The third kappa shape index (κ3) is 5.00. The van der Waals surface area contributed by atoms with Crippen LogP contribution in [0.2, 0.25) is 15.4 Å². The summed E-state index contributed by atoms with van der Waals surface area (Å²) in [6.07, 6.45) is 9.94. The molecule has 0 N–H and O–H groups in total. The SMILES string of the molecule is CCCC1=C[C]([Ti+3])([Si](CC)(CC)c2ccccc2)C=C1.[Cl-].[Cl-].[Cl-]. The van der Waals surface area contributed by atoms with Crippen LogP contribution in [0.25, 0.3) is 0 Å². The minimum Gasteiger partial charge on any atom is -1.00 e. The average molecular weight is 424 g/mol. The number of allylic oxidation sites excluding steroid dienone is 4. The van der Waals surface area contributed by atoms with Gasteiger partial charge in [0.15, 0.2) is 0 Å². The number of halogens is 3. The molecule has 0 aromatic heterocycles. The Morgan fingerprint density at radius 1 is 0.957 bits per heavy atom. The summed E-state index contributed by atoms with van der Waals surface area (Å²) in [6.45, 7) is 7.06. The van der Waals surface area contributed by atoms with Gasteiger partial charge in [-0.3, -0.25) is 0 Å². The molecule has 1 unspecified atom stereocenters. The van der Waals surface area contributed by atoms with Crippen molar-refractivity contribution in [1.29, 1.82) is 0 Å². The van der Waals surface area contributed by atoms with Gasteiger partial charge in [0.2, 0.25) is 0 Å². The van der Waals surface area contributed by atoms with E-state index in [1.807, 2.05) is 0 Å². The fraction of sp³-hybridized carbons (Fsp3) is 0.444. The third-order valence-corrected chi connectivity index (χ3v) is 13.3. The molecule has 0 amide bonds. The molecule has 1 aliphatic carbocycles. The van der Waals surface area contributed by atoms with Crippen molar-refractivity contribution in [2.75, 3.05) is 0 Å². The van der Waals surface area contributed by atoms with E-state index in [2.05, 4.69) is 89.8 Å². The van der Waals surface area contributed by atoms with Crippen LogP contribution in [0, 0.1) is 0 Å². The van der Waals surface area contributed by atoms with E-state index < -0.39 is 8.07 Å². The van der Waals surface area contributed by atoms with E-state index in [1.54, 1.807) is 10.8 Å². The van der Waals surface area contributed by atoms with Crippen LogP contribution >= 0.6 is 0 Å². The Morgan fingerprint density at radius 3 is 2.00 bits per heavy atom. The van der Waals surface area contributed by atoms with Gasteiger partial charge in [-0.05, 0) is 0 Å². The van der Waals surface area contributed by atoms with Crippen molar-refractivity contribution >= 4 is 13.3 Å². The second-order valence-corrected chi connectivity index (χ2v) is 12.9. The molecule has 1 aromatic carbocycles. The standard InChI is InChI=1S/C18H25Si.3ClH.Ti/c1-4-10-16-13-14-18(15-16)19(5-2,6-3)17-11-8-7-9-12-17;;;;/h7-9,11-15H,4-6,10H2,1-3H3;3*1H;/q;;;;+3/p-3. The van der Waals surface area contributed by atoms with Gasteiger partial charge in [0.25, 0.3) is 0 Å². The fourth-order valence-corrected chi connectivity index (χ4v) is 11.0. The van der Waals surface area contributed by atoms with E-state index in [0.717, 1.165) is 0 Å². The Hall–Kier alpha value is 0.501. The summed E-state index contributed by atoms with van der Waals surface area (Å²) in [5.74, 6) is 0. The van der Waals surface area contributed by atoms with E-state index >= 15 is 0 Å². The zero-order valence-corrected chi connectivity index (χ0v) is 18.9. The van der Waals surface area contributed by atoms with E-state index in [9.17, 15) is 0 Å². The minimum atomic E-state index is -1.54. The molecule has 1 aromatic rings. The summed E-state index contributed by atoms with van der Waals surface area (Å²) >= 11 is 2.47.